The first-order valence-electron chi connectivity index (χ1n) is 4.67. The van der Waals surface area contributed by atoms with Crippen LogP contribution in [0, 0.1) is 0 Å². The van der Waals surface area contributed by atoms with Crippen molar-refractivity contribution in [2.75, 3.05) is 6.61 Å². The van der Waals surface area contributed by atoms with Crippen molar-refractivity contribution in [2.24, 2.45) is 10.1 Å². The molecule has 0 spiro atoms. The van der Waals surface area contributed by atoms with E-state index < -0.39 is 10.0 Å². The number of para-hydroxylation sites is 1. The van der Waals surface area contributed by atoms with E-state index in [1.807, 2.05) is 0 Å². The van der Waals surface area contributed by atoms with Crippen LogP contribution in [0.5, 0.6) is 5.75 Å². The molecule has 0 fully saturated rings. The Bertz CT molecular complexity index is 608. The molecule has 0 saturated heterocycles. The number of ether oxygens (including phenoxy) is 1. The van der Waals surface area contributed by atoms with Gasteiger partial charge in [0.2, 0.25) is 0 Å². The van der Waals surface area contributed by atoms with E-state index in [9.17, 15) is 8.42 Å². The van der Waals surface area contributed by atoms with Crippen molar-refractivity contribution in [2.45, 2.75) is 0 Å². The number of halogens is 1. The van der Waals surface area contributed by atoms with E-state index in [1.54, 1.807) is 24.3 Å². The summed E-state index contributed by atoms with van der Waals surface area (Å²) in [5.41, 5.74) is 5.74. The molecule has 2 rings (SSSR count). The van der Waals surface area contributed by atoms with Crippen LogP contribution in [0.2, 0.25) is 5.02 Å². The van der Waals surface area contributed by atoms with Crippen LogP contribution in [0.3, 0.4) is 0 Å². The van der Waals surface area contributed by atoms with Crippen molar-refractivity contribution in [3.05, 3.63) is 39.9 Å². The van der Waals surface area contributed by atoms with Gasteiger partial charge in [0.1, 0.15) is 12.4 Å². The fourth-order valence-corrected chi connectivity index (χ4v) is 2.26. The van der Waals surface area contributed by atoms with Crippen LogP contribution in [0.25, 0.3) is 0 Å². The molecular weight excluding hydrogens is 264 g/mol. The van der Waals surface area contributed by atoms with Crippen LogP contribution in [-0.4, -0.2) is 21.2 Å². The molecule has 0 atom stereocenters. The lowest BCUT2D eigenvalue weighted by Crippen LogP contribution is -2.11. The predicted octanol–water partition coefficient (Wildman–Crippen LogP) is 1.30. The summed E-state index contributed by atoms with van der Waals surface area (Å²) in [5.74, 6) is 0.465. The molecule has 0 bridgehead atoms. The SMILES string of the molecule is NC1=C(COc2ccccc2Cl)C=NS1(=O)=O. The van der Waals surface area contributed by atoms with E-state index in [0.717, 1.165) is 0 Å². The van der Waals surface area contributed by atoms with Gasteiger partial charge in [0, 0.05) is 5.57 Å². The number of rotatable bonds is 3. The molecule has 7 heteroatoms. The number of nitrogens with two attached hydrogens (primary N) is 1. The molecule has 0 unspecified atom stereocenters. The van der Waals surface area contributed by atoms with Crippen molar-refractivity contribution in [3.8, 4) is 5.75 Å². The van der Waals surface area contributed by atoms with Gasteiger partial charge in [-0.25, -0.2) is 0 Å². The third-order valence-electron chi connectivity index (χ3n) is 2.16. The average molecular weight is 273 g/mol. The molecule has 1 aromatic carbocycles. The smallest absolute Gasteiger partial charge is 0.297 e. The Morgan fingerprint density at radius 3 is 2.65 bits per heavy atom. The molecule has 0 amide bonds. The summed E-state index contributed by atoms with van der Waals surface area (Å²) in [6, 6.07) is 6.89. The highest BCUT2D eigenvalue weighted by atomic mass is 35.5. The second-order valence-electron chi connectivity index (χ2n) is 3.32. The summed E-state index contributed by atoms with van der Waals surface area (Å²) in [6.07, 6.45) is 1.18. The van der Waals surface area contributed by atoms with Crippen LogP contribution in [-0.2, 0) is 10.0 Å². The summed E-state index contributed by atoms with van der Waals surface area (Å²) in [6.45, 7) is 0.0122. The number of benzene rings is 1. The number of nitrogens with zero attached hydrogens (tertiary/aromatic N) is 1. The lowest BCUT2D eigenvalue weighted by molar-refractivity contribution is 0.358. The van der Waals surface area contributed by atoms with Gasteiger partial charge in [0.25, 0.3) is 10.0 Å². The van der Waals surface area contributed by atoms with E-state index in [4.69, 9.17) is 22.1 Å². The van der Waals surface area contributed by atoms with Crippen molar-refractivity contribution < 1.29 is 13.2 Å². The first kappa shape index (κ1) is 11.9. The second kappa shape index (κ2) is 4.38. The van der Waals surface area contributed by atoms with E-state index in [-0.39, 0.29) is 11.6 Å². The van der Waals surface area contributed by atoms with E-state index in [2.05, 4.69) is 4.40 Å². The standard InChI is InChI=1S/C10H9ClN2O3S/c11-8-3-1-2-4-9(8)16-6-7-5-13-17(14,15)10(7)12/h1-5H,6,12H2. The summed E-state index contributed by atoms with van der Waals surface area (Å²) in [4.78, 5) is 0. The van der Waals surface area contributed by atoms with Crippen molar-refractivity contribution >= 4 is 27.8 Å². The number of hydrogen-bond acceptors (Lipinski definition) is 4. The molecule has 0 saturated carbocycles. The zero-order valence-corrected chi connectivity index (χ0v) is 10.2. The molecule has 1 aliphatic heterocycles. The highest BCUT2D eigenvalue weighted by molar-refractivity contribution is 7.94. The maximum absolute atomic E-state index is 11.2. The maximum Gasteiger partial charge on any atom is 0.297 e. The van der Waals surface area contributed by atoms with E-state index >= 15 is 0 Å². The molecule has 0 aromatic heterocycles. The molecule has 0 radical (unpaired) electrons. The Balaban J connectivity index is 2.14. The third-order valence-corrected chi connectivity index (χ3v) is 3.67. The highest BCUT2D eigenvalue weighted by Gasteiger charge is 2.23. The predicted molar refractivity (Wildman–Crippen MR) is 65.6 cm³/mol. The summed E-state index contributed by atoms with van der Waals surface area (Å²) >= 11 is 5.88. The van der Waals surface area contributed by atoms with Gasteiger partial charge in [-0.15, -0.1) is 0 Å². The minimum Gasteiger partial charge on any atom is -0.487 e. The van der Waals surface area contributed by atoms with E-state index in [1.165, 1.54) is 6.21 Å². The summed E-state index contributed by atoms with van der Waals surface area (Å²) < 4.78 is 31.0. The quantitative estimate of drug-likeness (QED) is 0.899. The Morgan fingerprint density at radius 2 is 2.06 bits per heavy atom. The summed E-state index contributed by atoms with van der Waals surface area (Å²) in [5, 5.41) is 0.175. The summed E-state index contributed by atoms with van der Waals surface area (Å²) in [7, 11) is -3.67. The highest BCUT2D eigenvalue weighted by Crippen LogP contribution is 2.24. The third kappa shape index (κ3) is 2.42. The molecule has 1 aliphatic rings. The molecule has 1 heterocycles. The molecule has 2 N–H and O–H groups in total. The lowest BCUT2D eigenvalue weighted by atomic mass is 10.3. The van der Waals surface area contributed by atoms with E-state index in [0.29, 0.717) is 16.3 Å². The molecule has 90 valence electrons. The number of sulfonamides is 1. The average Bonchev–Trinajstić information content (AvgIpc) is 2.54. The first-order chi connectivity index (χ1) is 8.00. The fraction of sp³-hybridized carbons (Fsp3) is 0.100. The topological polar surface area (TPSA) is 81.8 Å². The normalized spacial score (nSPS) is 17.5. The van der Waals surface area contributed by atoms with Gasteiger partial charge >= 0.3 is 0 Å². The molecular formula is C10H9ClN2O3S. The Kier molecular flexibility index (Phi) is 3.08. The largest absolute Gasteiger partial charge is 0.487 e. The Morgan fingerprint density at radius 1 is 1.35 bits per heavy atom. The zero-order chi connectivity index (χ0) is 12.5. The minimum atomic E-state index is -3.67. The molecule has 0 aliphatic carbocycles. The molecule has 5 nitrogen and oxygen atoms in total. The fourth-order valence-electron chi connectivity index (χ4n) is 1.24. The van der Waals surface area contributed by atoms with Crippen molar-refractivity contribution in [1.29, 1.82) is 0 Å². The van der Waals surface area contributed by atoms with Crippen LogP contribution in [0.1, 0.15) is 0 Å². The van der Waals surface area contributed by atoms with Gasteiger partial charge in [-0.2, -0.15) is 12.8 Å². The van der Waals surface area contributed by atoms with Gasteiger partial charge in [0.05, 0.1) is 11.2 Å². The van der Waals surface area contributed by atoms with Gasteiger partial charge in [0.15, 0.2) is 5.03 Å². The lowest BCUT2D eigenvalue weighted by Gasteiger charge is -2.07. The molecule has 17 heavy (non-hydrogen) atoms. The molecule has 1 aromatic rings. The van der Waals surface area contributed by atoms with Gasteiger partial charge < -0.3 is 10.5 Å². The Labute approximate surface area is 104 Å². The second-order valence-corrected chi connectivity index (χ2v) is 5.33. The van der Waals surface area contributed by atoms with Crippen LogP contribution >= 0.6 is 11.6 Å². The maximum atomic E-state index is 11.2. The van der Waals surface area contributed by atoms with Gasteiger partial charge in [-0.05, 0) is 12.1 Å². The Hall–Kier alpha value is -1.53. The first-order valence-corrected chi connectivity index (χ1v) is 6.49. The van der Waals surface area contributed by atoms with Gasteiger partial charge in [-0.1, -0.05) is 23.7 Å². The van der Waals surface area contributed by atoms with Crippen molar-refractivity contribution in [1.82, 2.24) is 0 Å². The van der Waals surface area contributed by atoms with Crippen molar-refractivity contribution in [3.63, 3.8) is 0 Å². The number of hydrogen-bond donors (Lipinski definition) is 1. The minimum absolute atomic E-state index is 0.0122. The van der Waals surface area contributed by atoms with Gasteiger partial charge in [-0.3, -0.25) is 0 Å². The zero-order valence-electron chi connectivity index (χ0n) is 8.63. The van der Waals surface area contributed by atoms with Crippen LogP contribution in [0.4, 0.5) is 0 Å². The van der Waals surface area contributed by atoms with Crippen LogP contribution < -0.4 is 10.5 Å². The van der Waals surface area contributed by atoms with Crippen LogP contribution in [0.15, 0.2) is 39.3 Å². The monoisotopic (exact) mass is 272 g/mol.